The molecule has 0 unspecified atom stereocenters. The molecule has 0 aliphatic carbocycles. The van der Waals surface area contributed by atoms with E-state index in [1.54, 1.807) is 6.92 Å². The van der Waals surface area contributed by atoms with Crippen LogP contribution in [0.5, 0.6) is 0 Å². The van der Waals surface area contributed by atoms with Gasteiger partial charge in [-0.25, -0.2) is 0 Å². The van der Waals surface area contributed by atoms with Crippen LogP contribution in [-0.4, -0.2) is 4.92 Å². The van der Waals surface area contributed by atoms with Crippen LogP contribution >= 0.6 is 11.3 Å². The molecule has 1 aromatic heterocycles. The summed E-state index contributed by atoms with van der Waals surface area (Å²) in [5, 5.41) is 11.6. The summed E-state index contributed by atoms with van der Waals surface area (Å²) in [6.45, 7) is 3.62. The molecular formula is C6H9N2O2S+. The maximum Gasteiger partial charge on any atom is 0.395 e. The van der Waals surface area contributed by atoms with Gasteiger partial charge in [-0.15, -0.1) is 0 Å². The van der Waals surface area contributed by atoms with Crippen molar-refractivity contribution < 1.29 is 9.49 Å². The number of nitrogens with zero attached hydrogens (tertiary/aromatic N) is 2. The van der Waals surface area contributed by atoms with E-state index >= 15 is 0 Å². The minimum Gasteiger partial charge on any atom is -0.257 e. The molecule has 0 aliphatic heterocycles. The van der Waals surface area contributed by atoms with E-state index in [4.69, 9.17) is 0 Å². The van der Waals surface area contributed by atoms with Crippen molar-refractivity contribution in [2.75, 3.05) is 0 Å². The Morgan fingerprint density at radius 2 is 2.09 bits per heavy atom. The van der Waals surface area contributed by atoms with Crippen molar-refractivity contribution in [1.29, 1.82) is 0 Å². The maximum absolute atomic E-state index is 10.4. The first-order valence-electron chi connectivity index (χ1n) is 3.14. The molecule has 0 fully saturated rings. The number of thiazole rings is 1. The average Bonchev–Trinajstić information content (AvgIpc) is 2.17. The first-order chi connectivity index (χ1) is 5.04. The third-order valence-electron chi connectivity index (χ3n) is 1.70. The molecule has 0 aromatic carbocycles. The Balaban J connectivity index is 3.29. The summed E-state index contributed by atoms with van der Waals surface area (Å²) >= 11 is 1.21. The van der Waals surface area contributed by atoms with Crippen molar-refractivity contribution in [2.24, 2.45) is 7.05 Å². The van der Waals surface area contributed by atoms with E-state index in [1.807, 2.05) is 18.5 Å². The summed E-state index contributed by atoms with van der Waals surface area (Å²) in [7, 11) is 1.83. The van der Waals surface area contributed by atoms with Crippen molar-refractivity contribution in [2.45, 2.75) is 13.8 Å². The van der Waals surface area contributed by atoms with Crippen molar-refractivity contribution in [1.82, 2.24) is 0 Å². The van der Waals surface area contributed by atoms with Gasteiger partial charge in [-0.3, -0.25) is 10.1 Å². The Morgan fingerprint density at radius 3 is 2.27 bits per heavy atom. The monoisotopic (exact) mass is 173 g/mol. The molecule has 1 aromatic rings. The van der Waals surface area contributed by atoms with Gasteiger partial charge in [0, 0.05) is 25.2 Å². The van der Waals surface area contributed by atoms with Gasteiger partial charge in [-0.1, -0.05) is 0 Å². The van der Waals surface area contributed by atoms with Crippen molar-refractivity contribution in [3.63, 3.8) is 0 Å². The van der Waals surface area contributed by atoms with Crippen LogP contribution in [0.2, 0.25) is 0 Å². The van der Waals surface area contributed by atoms with Crippen molar-refractivity contribution >= 4 is 16.3 Å². The van der Waals surface area contributed by atoms with Gasteiger partial charge < -0.3 is 0 Å². The predicted molar refractivity (Wildman–Crippen MR) is 41.6 cm³/mol. The summed E-state index contributed by atoms with van der Waals surface area (Å²) in [4.78, 5) is 10.0. The van der Waals surface area contributed by atoms with Gasteiger partial charge in [-0.2, -0.15) is 4.57 Å². The Hall–Kier alpha value is -0.970. The highest BCUT2D eigenvalue weighted by molar-refractivity contribution is 7.14. The Kier molecular flexibility index (Phi) is 1.90. The van der Waals surface area contributed by atoms with Crippen LogP contribution in [0.4, 0.5) is 5.00 Å². The van der Waals surface area contributed by atoms with Gasteiger partial charge in [0.05, 0.1) is 4.92 Å². The first kappa shape index (κ1) is 8.13. The topological polar surface area (TPSA) is 47.0 Å². The summed E-state index contributed by atoms with van der Waals surface area (Å²) in [6, 6.07) is 0. The molecule has 11 heavy (non-hydrogen) atoms. The zero-order valence-corrected chi connectivity index (χ0v) is 7.44. The molecule has 4 nitrogen and oxygen atoms in total. The summed E-state index contributed by atoms with van der Waals surface area (Å²) < 4.78 is 1.82. The van der Waals surface area contributed by atoms with E-state index in [0.717, 1.165) is 10.7 Å². The second-order valence-electron chi connectivity index (χ2n) is 2.33. The van der Waals surface area contributed by atoms with Gasteiger partial charge in [0.1, 0.15) is 7.05 Å². The summed E-state index contributed by atoms with van der Waals surface area (Å²) in [6.07, 6.45) is 0. The third kappa shape index (κ3) is 1.23. The molecule has 1 rings (SSSR count). The maximum atomic E-state index is 10.4. The highest BCUT2D eigenvalue weighted by atomic mass is 32.1. The van der Waals surface area contributed by atoms with Crippen LogP contribution in [0.15, 0.2) is 0 Å². The average molecular weight is 173 g/mol. The summed E-state index contributed by atoms with van der Waals surface area (Å²) in [5.74, 6) is 0. The molecule has 0 saturated carbocycles. The van der Waals surface area contributed by atoms with Crippen LogP contribution in [-0.2, 0) is 7.05 Å². The van der Waals surface area contributed by atoms with Crippen molar-refractivity contribution in [3.8, 4) is 0 Å². The van der Waals surface area contributed by atoms with Crippen LogP contribution in [0.25, 0.3) is 0 Å². The normalized spacial score (nSPS) is 10.1. The molecular weight excluding hydrogens is 164 g/mol. The highest BCUT2D eigenvalue weighted by Crippen LogP contribution is 2.23. The fourth-order valence-electron chi connectivity index (χ4n) is 0.831. The van der Waals surface area contributed by atoms with Crippen LogP contribution < -0.4 is 4.57 Å². The van der Waals surface area contributed by atoms with Crippen LogP contribution in [0.1, 0.15) is 10.7 Å². The molecule has 0 bridgehead atoms. The minimum atomic E-state index is -0.340. The zero-order valence-electron chi connectivity index (χ0n) is 6.62. The van der Waals surface area contributed by atoms with E-state index in [2.05, 4.69) is 0 Å². The molecule has 0 saturated heterocycles. The van der Waals surface area contributed by atoms with Gasteiger partial charge in [0.25, 0.3) is 5.69 Å². The standard InChI is InChI=1S/C6H9N2O2S/c1-4-6(8(9)10)11-5(2)7(4)3/h1-3H3/q+1. The number of nitro groups is 1. The molecule has 0 atom stereocenters. The lowest BCUT2D eigenvalue weighted by Crippen LogP contribution is -2.31. The van der Waals surface area contributed by atoms with E-state index < -0.39 is 0 Å². The molecule has 5 heteroatoms. The largest absolute Gasteiger partial charge is 0.395 e. The molecule has 1 heterocycles. The smallest absolute Gasteiger partial charge is 0.257 e. The van der Waals surface area contributed by atoms with Crippen molar-refractivity contribution in [3.05, 3.63) is 20.8 Å². The van der Waals surface area contributed by atoms with Gasteiger partial charge in [0.2, 0.25) is 5.01 Å². The quantitative estimate of drug-likeness (QED) is 0.362. The first-order valence-corrected chi connectivity index (χ1v) is 3.96. The lowest BCUT2D eigenvalue weighted by molar-refractivity contribution is -0.680. The van der Waals surface area contributed by atoms with E-state index in [1.165, 1.54) is 11.3 Å². The van der Waals surface area contributed by atoms with Gasteiger partial charge >= 0.3 is 5.00 Å². The van der Waals surface area contributed by atoms with E-state index in [-0.39, 0.29) is 9.92 Å². The summed E-state index contributed by atoms with van der Waals surface area (Å²) in [5.41, 5.74) is 0.720. The second-order valence-corrected chi connectivity index (χ2v) is 3.51. The Bertz CT molecular complexity index is 306. The number of aryl methyl sites for hydroxylation is 1. The zero-order chi connectivity index (χ0) is 8.59. The van der Waals surface area contributed by atoms with Crippen LogP contribution in [0, 0.1) is 24.0 Å². The SMILES string of the molecule is Cc1sc([N+](=O)[O-])c(C)[n+]1C. The Morgan fingerprint density at radius 1 is 1.55 bits per heavy atom. The van der Waals surface area contributed by atoms with Gasteiger partial charge in [-0.05, 0) is 0 Å². The fourth-order valence-corrected chi connectivity index (χ4v) is 1.74. The number of rotatable bonds is 1. The van der Waals surface area contributed by atoms with E-state index in [0.29, 0.717) is 0 Å². The predicted octanol–water partition coefficient (Wildman–Crippen LogP) is 1.10. The van der Waals surface area contributed by atoms with Gasteiger partial charge in [0.15, 0.2) is 0 Å². The Labute approximate surface area is 68.2 Å². The number of aromatic nitrogens is 1. The minimum absolute atomic E-state index is 0.241. The second kappa shape index (κ2) is 2.58. The lowest BCUT2D eigenvalue weighted by Gasteiger charge is -1.82. The number of hydrogen-bond donors (Lipinski definition) is 0. The molecule has 0 radical (unpaired) electrons. The van der Waals surface area contributed by atoms with E-state index in [9.17, 15) is 10.1 Å². The molecule has 60 valence electrons. The highest BCUT2D eigenvalue weighted by Gasteiger charge is 2.25. The lowest BCUT2D eigenvalue weighted by atomic mass is 10.5. The molecule has 0 amide bonds. The fraction of sp³-hybridized carbons (Fsp3) is 0.500. The third-order valence-corrected chi connectivity index (χ3v) is 2.90. The number of hydrogen-bond acceptors (Lipinski definition) is 3. The van der Waals surface area contributed by atoms with Crippen LogP contribution in [0.3, 0.4) is 0 Å². The molecule has 0 aliphatic rings. The molecule has 0 N–H and O–H groups in total. The molecule has 0 spiro atoms.